The number of carbonyl (C=O) groups excluding carboxylic acids is 1. The normalized spacial score (nSPS) is 10.6. The Bertz CT molecular complexity index is 756. The minimum atomic E-state index is -0.788. The molecule has 0 saturated heterocycles. The molecule has 0 fully saturated rings. The van der Waals surface area contributed by atoms with Crippen LogP contribution in [0.4, 0.5) is 9.18 Å². The van der Waals surface area contributed by atoms with Crippen molar-refractivity contribution in [3.8, 4) is 17.4 Å². The summed E-state index contributed by atoms with van der Waals surface area (Å²) in [6, 6.07) is 3.89. The number of primary amides is 1. The molecule has 0 aliphatic heterocycles. The standard InChI is InChI=1S/C13H11ClFN5O3/c1-22-10-4-7(5-18-20-13(16)21)2-3-9(10)23-11-8(15)6-17-12(14)19-11/h2-6H,1H3,(H3,16,20,21). The van der Waals surface area contributed by atoms with Gasteiger partial charge in [0.1, 0.15) is 0 Å². The van der Waals surface area contributed by atoms with Crippen molar-refractivity contribution in [2.45, 2.75) is 0 Å². The molecule has 1 aromatic heterocycles. The van der Waals surface area contributed by atoms with E-state index in [1.54, 1.807) is 12.1 Å². The second kappa shape index (κ2) is 7.36. The van der Waals surface area contributed by atoms with Gasteiger partial charge in [-0.05, 0) is 35.4 Å². The van der Waals surface area contributed by atoms with Gasteiger partial charge in [-0.25, -0.2) is 15.2 Å². The Labute approximate surface area is 135 Å². The molecule has 1 aromatic carbocycles. The first-order chi connectivity index (χ1) is 11.0. The van der Waals surface area contributed by atoms with Crippen LogP contribution in [0.5, 0.6) is 17.4 Å². The molecule has 0 aliphatic rings. The number of urea groups is 1. The van der Waals surface area contributed by atoms with Gasteiger partial charge in [-0.1, -0.05) is 0 Å². The van der Waals surface area contributed by atoms with Crippen LogP contribution in [-0.2, 0) is 0 Å². The van der Waals surface area contributed by atoms with Crippen molar-refractivity contribution in [2.24, 2.45) is 10.8 Å². The van der Waals surface area contributed by atoms with Crippen LogP contribution in [0.15, 0.2) is 29.5 Å². The monoisotopic (exact) mass is 339 g/mol. The summed E-state index contributed by atoms with van der Waals surface area (Å²) < 4.78 is 24.1. The van der Waals surface area contributed by atoms with Crippen molar-refractivity contribution in [1.29, 1.82) is 0 Å². The average Bonchev–Trinajstić information content (AvgIpc) is 2.51. The molecule has 120 valence electrons. The van der Waals surface area contributed by atoms with Crippen molar-refractivity contribution in [3.05, 3.63) is 41.1 Å². The number of nitrogens with two attached hydrogens (primary N) is 1. The van der Waals surface area contributed by atoms with Crippen LogP contribution in [0, 0.1) is 5.82 Å². The Balaban J connectivity index is 2.24. The molecule has 2 rings (SSSR count). The molecule has 0 spiro atoms. The second-order valence-electron chi connectivity index (χ2n) is 4.04. The Morgan fingerprint density at radius 1 is 1.48 bits per heavy atom. The summed E-state index contributed by atoms with van der Waals surface area (Å²) in [4.78, 5) is 17.7. The molecule has 10 heteroatoms. The lowest BCUT2D eigenvalue weighted by atomic mass is 10.2. The number of rotatable bonds is 5. The molecular formula is C13H11ClFN5O3. The Hall–Kier alpha value is -2.94. The largest absolute Gasteiger partial charge is 0.493 e. The number of nitrogens with one attached hydrogen (secondary N) is 1. The van der Waals surface area contributed by atoms with Crippen LogP contribution in [0.1, 0.15) is 5.56 Å². The molecule has 23 heavy (non-hydrogen) atoms. The van der Waals surface area contributed by atoms with Crippen LogP contribution in [0.25, 0.3) is 0 Å². The van der Waals surface area contributed by atoms with E-state index in [1.807, 2.05) is 0 Å². The zero-order valence-electron chi connectivity index (χ0n) is 11.8. The number of hydrogen-bond donors (Lipinski definition) is 2. The van der Waals surface area contributed by atoms with Crippen molar-refractivity contribution in [1.82, 2.24) is 15.4 Å². The molecule has 1 heterocycles. The lowest BCUT2D eigenvalue weighted by molar-refractivity contribution is 0.249. The number of methoxy groups -OCH3 is 1. The van der Waals surface area contributed by atoms with E-state index in [4.69, 9.17) is 26.8 Å². The number of ether oxygens (including phenoxy) is 2. The van der Waals surface area contributed by atoms with E-state index in [0.717, 1.165) is 6.20 Å². The van der Waals surface area contributed by atoms with Gasteiger partial charge >= 0.3 is 6.03 Å². The van der Waals surface area contributed by atoms with Crippen LogP contribution >= 0.6 is 11.6 Å². The van der Waals surface area contributed by atoms with Crippen LogP contribution in [0.2, 0.25) is 5.28 Å². The van der Waals surface area contributed by atoms with Gasteiger partial charge in [-0.2, -0.15) is 14.5 Å². The van der Waals surface area contributed by atoms with E-state index >= 15 is 0 Å². The quantitative estimate of drug-likeness (QED) is 0.492. The maximum atomic E-state index is 13.6. The summed E-state index contributed by atoms with van der Waals surface area (Å²) in [5.41, 5.74) is 7.52. The van der Waals surface area contributed by atoms with E-state index in [9.17, 15) is 9.18 Å². The summed E-state index contributed by atoms with van der Waals surface area (Å²) in [7, 11) is 1.41. The third kappa shape index (κ3) is 4.51. The van der Waals surface area contributed by atoms with Crippen LogP contribution < -0.4 is 20.6 Å². The molecule has 0 unspecified atom stereocenters. The van der Waals surface area contributed by atoms with Gasteiger partial charge in [0.25, 0.3) is 5.88 Å². The van der Waals surface area contributed by atoms with Crippen molar-refractivity contribution in [2.75, 3.05) is 7.11 Å². The number of amides is 2. The summed E-state index contributed by atoms with van der Waals surface area (Å²) in [6.45, 7) is 0. The molecule has 0 saturated carbocycles. The molecule has 8 nitrogen and oxygen atoms in total. The average molecular weight is 340 g/mol. The van der Waals surface area contributed by atoms with Gasteiger partial charge in [0.15, 0.2) is 11.5 Å². The van der Waals surface area contributed by atoms with E-state index in [0.29, 0.717) is 11.3 Å². The zero-order valence-corrected chi connectivity index (χ0v) is 12.5. The summed E-state index contributed by atoms with van der Waals surface area (Å²) >= 11 is 5.60. The van der Waals surface area contributed by atoms with Gasteiger partial charge in [0, 0.05) is 0 Å². The Kier molecular flexibility index (Phi) is 5.26. The third-order valence-corrected chi connectivity index (χ3v) is 2.65. The van der Waals surface area contributed by atoms with Crippen molar-refractivity contribution in [3.63, 3.8) is 0 Å². The first kappa shape index (κ1) is 16.4. The van der Waals surface area contributed by atoms with Gasteiger partial charge in [0.2, 0.25) is 11.1 Å². The fraction of sp³-hybridized carbons (Fsp3) is 0.0769. The van der Waals surface area contributed by atoms with Crippen LogP contribution in [0.3, 0.4) is 0 Å². The van der Waals surface area contributed by atoms with E-state index in [2.05, 4.69) is 20.5 Å². The number of benzene rings is 1. The fourth-order valence-corrected chi connectivity index (χ4v) is 1.65. The smallest absolute Gasteiger partial charge is 0.332 e. The predicted octanol–water partition coefficient (Wildman–Crippen LogP) is 2.07. The Morgan fingerprint density at radius 2 is 2.26 bits per heavy atom. The highest BCUT2D eigenvalue weighted by atomic mass is 35.5. The van der Waals surface area contributed by atoms with Gasteiger partial charge < -0.3 is 15.2 Å². The molecule has 2 aromatic rings. The maximum absolute atomic E-state index is 13.6. The molecule has 3 N–H and O–H groups in total. The minimum absolute atomic E-state index is 0.151. The van der Waals surface area contributed by atoms with Gasteiger partial charge in [0.05, 0.1) is 19.5 Å². The Morgan fingerprint density at radius 3 is 2.96 bits per heavy atom. The number of halogens is 2. The molecule has 0 bridgehead atoms. The maximum Gasteiger partial charge on any atom is 0.332 e. The summed E-state index contributed by atoms with van der Waals surface area (Å²) in [6.07, 6.45) is 2.24. The predicted molar refractivity (Wildman–Crippen MR) is 80.4 cm³/mol. The number of nitrogens with zero attached hydrogens (tertiary/aromatic N) is 3. The fourth-order valence-electron chi connectivity index (χ4n) is 1.53. The van der Waals surface area contributed by atoms with E-state index < -0.39 is 11.8 Å². The minimum Gasteiger partial charge on any atom is -0.493 e. The second-order valence-corrected chi connectivity index (χ2v) is 4.38. The van der Waals surface area contributed by atoms with Crippen LogP contribution in [-0.4, -0.2) is 29.3 Å². The van der Waals surface area contributed by atoms with Crippen molar-refractivity contribution < 1.29 is 18.7 Å². The summed E-state index contributed by atoms with van der Waals surface area (Å²) in [5, 5.41) is 3.46. The lowest BCUT2D eigenvalue weighted by Gasteiger charge is -2.10. The van der Waals surface area contributed by atoms with E-state index in [1.165, 1.54) is 19.4 Å². The van der Waals surface area contributed by atoms with Crippen molar-refractivity contribution >= 4 is 23.8 Å². The molecule has 0 atom stereocenters. The number of hydrazone groups is 1. The highest BCUT2D eigenvalue weighted by molar-refractivity contribution is 6.28. The highest BCUT2D eigenvalue weighted by Crippen LogP contribution is 2.32. The zero-order chi connectivity index (χ0) is 16.8. The number of aromatic nitrogens is 2. The third-order valence-electron chi connectivity index (χ3n) is 2.47. The SMILES string of the molecule is COc1cc(C=NNC(N)=O)ccc1Oc1nc(Cl)ncc1F. The lowest BCUT2D eigenvalue weighted by Crippen LogP contribution is -2.24. The molecule has 0 aliphatic carbocycles. The molecular weight excluding hydrogens is 329 g/mol. The van der Waals surface area contributed by atoms with E-state index in [-0.39, 0.29) is 16.9 Å². The number of hydrogen-bond acceptors (Lipinski definition) is 6. The first-order valence-corrected chi connectivity index (χ1v) is 6.50. The first-order valence-electron chi connectivity index (χ1n) is 6.12. The summed E-state index contributed by atoms with van der Waals surface area (Å²) in [5.74, 6) is -0.601. The topological polar surface area (TPSA) is 112 Å². The highest BCUT2D eigenvalue weighted by Gasteiger charge is 2.12. The van der Waals surface area contributed by atoms with Gasteiger partial charge in [-0.15, -0.1) is 0 Å². The van der Waals surface area contributed by atoms with Gasteiger partial charge in [-0.3, -0.25) is 0 Å². The molecule has 0 radical (unpaired) electrons. The molecule has 2 amide bonds. The number of carbonyl (C=O) groups is 1.